The molecule has 0 saturated carbocycles. The second-order valence-electron chi connectivity index (χ2n) is 4.61. The highest BCUT2D eigenvalue weighted by Crippen LogP contribution is 2.20. The fraction of sp³-hybridized carbons (Fsp3) is 0.133. The molecule has 0 amide bonds. The Morgan fingerprint density at radius 1 is 1.10 bits per heavy atom. The first-order valence-corrected chi connectivity index (χ1v) is 6.17. The number of fused-ring (bicyclic) bond motifs is 1. The molecule has 5 heteroatoms. The van der Waals surface area contributed by atoms with Gasteiger partial charge in [-0.3, -0.25) is 4.98 Å². The van der Waals surface area contributed by atoms with Gasteiger partial charge < -0.3 is 10.1 Å². The first-order chi connectivity index (χ1) is 9.67. The third-order valence-corrected chi connectivity index (χ3v) is 3.21. The Bertz CT molecular complexity index is 768. The van der Waals surface area contributed by atoms with Crippen LogP contribution in [-0.4, -0.2) is 15.1 Å². The highest BCUT2D eigenvalue weighted by molar-refractivity contribution is 5.79. The number of hydrogen-bond donors (Lipinski definition) is 2. The largest absolute Gasteiger partial charge is 0.392 e. The van der Waals surface area contributed by atoms with E-state index in [4.69, 9.17) is 0 Å². The Kier molecular flexibility index (Phi) is 3.20. The molecule has 0 spiro atoms. The molecule has 0 unspecified atom stereocenters. The lowest BCUT2D eigenvalue weighted by Crippen LogP contribution is -1.92. The number of hydrogen-bond acceptors (Lipinski definition) is 2. The highest BCUT2D eigenvalue weighted by atomic mass is 19.2. The van der Waals surface area contributed by atoms with Gasteiger partial charge in [0.15, 0.2) is 11.6 Å². The van der Waals surface area contributed by atoms with Crippen LogP contribution in [0.25, 0.3) is 11.0 Å². The van der Waals surface area contributed by atoms with Gasteiger partial charge in [-0.2, -0.15) is 0 Å². The van der Waals surface area contributed by atoms with Gasteiger partial charge in [0.25, 0.3) is 0 Å². The number of rotatable bonds is 3. The molecule has 3 aromatic rings. The summed E-state index contributed by atoms with van der Waals surface area (Å²) < 4.78 is 26.1. The summed E-state index contributed by atoms with van der Waals surface area (Å²) in [6.07, 6.45) is 2.07. The van der Waals surface area contributed by atoms with E-state index in [0.717, 1.165) is 28.4 Å². The van der Waals surface area contributed by atoms with E-state index in [1.807, 2.05) is 6.07 Å². The van der Waals surface area contributed by atoms with Crippen molar-refractivity contribution in [1.82, 2.24) is 9.97 Å². The van der Waals surface area contributed by atoms with Crippen molar-refractivity contribution in [1.29, 1.82) is 0 Å². The third kappa shape index (κ3) is 2.28. The first kappa shape index (κ1) is 12.7. The maximum Gasteiger partial charge on any atom is 0.159 e. The van der Waals surface area contributed by atoms with E-state index in [-0.39, 0.29) is 6.61 Å². The van der Waals surface area contributed by atoms with E-state index in [1.54, 1.807) is 18.3 Å². The van der Waals surface area contributed by atoms with Gasteiger partial charge in [-0.15, -0.1) is 0 Å². The van der Waals surface area contributed by atoms with Gasteiger partial charge in [0.2, 0.25) is 0 Å². The molecule has 0 aliphatic carbocycles. The van der Waals surface area contributed by atoms with Crippen molar-refractivity contribution in [3.63, 3.8) is 0 Å². The van der Waals surface area contributed by atoms with Crippen LogP contribution in [-0.2, 0) is 13.0 Å². The fourth-order valence-electron chi connectivity index (χ4n) is 2.23. The van der Waals surface area contributed by atoms with E-state index >= 15 is 0 Å². The van der Waals surface area contributed by atoms with Crippen LogP contribution in [0.15, 0.2) is 36.5 Å². The molecule has 2 heterocycles. The Hall–Kier alpha value is -2.27. The van der Waals surface area contributed by atoms with Crippen molar-refractivity contribution in [3.8, 4) is 0 Å². The van der Waals surface area contributed by atoms with Crippen LogP contribution in [0.3, 0.4) is 0 Å². The number of aromatic amines is 1. The second kappa shape index (κ2) is 5.02. The minimum absolute atomic E-state index is 0.0792. The van der Waals surface area contributed by atoms with Crippen molar-refractivity contribution in [2.24, 2.45) is 0 Å². The van der Waals surface area contributed by atoms with Gasteiger partial charge in [-0.1, -0.05) is 6.07 Å². The Morgan fingerprint density at radius 3 is 2.70 bits per heavy atom. The Morgan fingerprint density at radius 2 is 1.95 bits per heavy atom. The summed E-state index contributed by atoms with van der Waals surface area (Å²) in [7, 11) is 0. The molecular weight excluding hydrogens is 262 g/mol. The molecule has 0 fully saturated rings. The molecule has 0 atom stereocenters. The topological polar surface area (TPSA) is 48.9 Å². The lowest BCUT2D eigenvalue weighted by molar-refractivity contribution is 0.283. The molecule has 0 aliphatic rings. The minimum atomic E-state index is -0.854. The summed E-state index contributed by atoms with van der Waals surface area (Å²) in [5.74, 6) is -1.71. The van der Waals surface area contributed by atoms with Crippen molar-refractivity contribution in [2.45, 2.75) is 13.0 Å². The molecule has 3 rings (SSSR count). The molecule has 0 saturated heterocycles. The van der Waals surface area contributed by atoms with Gasteiger partial charge >= 0.3 is 0 Å². The van der Waals surface area contributed by atoms with Crippen LogP contribution in [0.4, 0.5) is 8.78 Å². The maximum absolute atomic E-state index is 13.2. The molecule has 2 N–H and O–H groups in total. The molecular formula is C15H12F2N2O. The predicted octanol–water partition coefficient (Wildman–Crippen LogP) is 2.92. The molecule has 102 valence electrons. The van der Waals surface area contributed by atoms with Gasteiger partial charge in [0.05, 0.1) is 17.6 Å². The number of nitrogens with zero attached hydrogens (tertiary/aromatic N) is 1. The summed E-state index contributed by atoms with van der Waals surface area (Å²) in [4.78, 5) is 7.37. The highest BCUT2D eigenvalue weighted by Gasteiger charge is 2.08. The standard InChI is InChI=1S/C15H12F2N2O/c16-12-2-1-9(6-13(12)17)5-11-7-14-15(19-11)10(8-20)3-4-18-14/h1-4,6-7,19-20H,5,8H2. The number of nitrogens with one attached hydrogen (secondary N) is 1. The van der Waals surface area contributed by atoms with E-state index < -0.39 is 11.6 Å². The molecule has 0 radical (unpaired) electrons. The quantitative estimate of drug-likeness (QED) is 0.771. The molecule has 0 aliphatic heterocycles. The van der Waals surface area contributed by atoms with Crippen LogP contribution in [0.1, 0.15) is 16.8 Å². The third-order valence-electron chi connectivity index (χ3n) is 3.21. The van der Waals surface area contributed by atoms with E-state index in [1.165, 1.54) is 6.07 Å². The molecule has 1 aromatic carbocycles. The SMILES string of the molecule is OCc1ccnc2cc(Cc3ccc(F)c(F)c3)[nH]c12. The number of pyridine rings is 1. The number of aliphatic hydroxyl groups excluding tert-OH is 1. The van der Waals surface area contributed by atoms with Gasteiger partial charge in [0.1, 0.15) is 0 Å². The number of aliphatic hydroxyl groups is 1. The lowest BCUT2D eigenvalue weighted by atomic mass is 10.1. The van der Waals surface area contributed by atoms with Gasteiger partial charge in [0, 0.05) is 23.9 Å². The van der Waals surface area contributed by atoms with Crippen LogP contribution < -0.4 is 0 Å². The second-order valence-corrected chi connectivity index (χ2v) is 4.61. The zero-order valence-corrected chi connectivity index (χ0v) is 10.5. The average molecular weight is 274 g/mol. The summed E-state index contributed by atoms with van der Waals surface area (Å²) in [5.41, 5.74) is 3.77. The molecule has 20 heavy (non-hydrogen) atoms. The van der Waals surface area contributed by atoms with E-state index in [2.05, 4.69) is 9.97 Å². The summed E-state index contributed by atoms with van der Waals surface area (Å²) >= 11 is 0. The maximum atomic E-state index is 13.2. The zero-order chi connectivity index (χ0) is 14.1. The van der Waals surface area contributed by atoms with Crippen molar-refractivity contribution in [3.05, 3.63) is 65.0 Å². The lowest BCUT2D eigenvalue weighted by Gasteiger charge is -2.00. The predicted molar refractivity (Wildman–Crippen MR) is 71.2 cm³/mol. The monoisotopic (exact) mass is 274 g/mol. The molecule has 3 nitrogen and oxygen atoms in total. The Balaban J connectivity index is 1.96. The van der Waals surface area contributed by atoms with E-state index in [9.17, 15) is 13.9 Å². The first-order valence-electron chi connectivity index (χ1n) is 6.17. The number of H-pyrrole nitrogens is 1. The van der Waals surface area contributed by atoms with Crippen LogP contribution in [0.2, 0.25) is 0 Å². The van der Waals surface area contributed by atoms with Crippen LogP contribution >= 0.6 is 0 Å². The van der Waals surface area contributed by atoms with Crippen molar-refractivity contribution < 1.29 is 13.9 Å². The number of aromatic nitrogens is 2. The molecule has 0 bridgehead atoms. The number of benzene rings is 1. The van der Waals surface area contributed by atoms with Crippen molar-refractivity contribution >= 4 is 11.0 Å². The van der Waals surface area contributed by atoms with Crippen LogP contribution in [0, 0.1) is 11.6 Å². The molecule has 2 aromatic heterocycles. The van der Waals surface area contributed by atoms with E-state index in [0.29, 0.717) is 12.0 Å². The summed E-state index contributed by atoms with van der Waals surface area (Å²) in [6, 6.07) is 7.42. The average Bonchev–Trinajstić information content (AvgIpc) is 2.85. The van der Waals surface area contributed by atoms with Crippen LogP contribution in [0.5, 0.6) is 0 Å². The van der Waals surface area contributed by atoms with Gasteiger partial charge in [-0.25, -0.2) is 8.78 Å². The van der Waals surface area contributed by atoms with Gasteiger partial charge in [-0.05, 0) is 29.8 Å². The zero-order valence-electron chi connectivity index (χ0n) is 10.5. The van der Waals surface area contributed by atoms with Crippen molar-refractivity contribution in [2.75, 3.05) is 0 Å². The minimum Gasteiger partial charge on any atom is -0.392 e. The normalized spacial score (nSPS) is 11.2. The smallest absolute Gasteiger partial charge is 0.159 e. The Labute approximate surface area is 113 Å². The fourth-order valence-corrected chi connectivity index (χ4v) is 2.23. The summed E-state index contributed by atoms with van der Waals surface area (Å²) in [5, 5.41) is 9.26. The number of halogens is 2. The summed E-state index contributed by atoms with van der Waals surface area (Å²) in [6.45, 7) is -0.0792.